The van der Waals surface area contributed by atoms with Gasteiger partial charge in [0.05, 0.1) is 18.2 Å². The number of Topliss-reactive ketones (excluding diaryl/α,β-unsaturated/α-hetero) is 1. The molecular weight excluding hydrogens is 363 g/mol. The van der Waals surface area contributed by atoms with Crippen molar-refractivity contribution in [2.45, 2.75) is 0 Å². The molecule has 0 saturated heterocycles. The predicted molar refractivity (Wildman–Crippen MR) is 101 cm³/mol. The number of rotatable bonds is 7. The van der Waals surface area contributed by atoms with Crippen molar-refractivity contribution < 1.29 is 28.2 Å². The van der Waals surface area contributed by atoms with E-state index in [2.05, 4.69) is 0 Å². The fourth-order valence-corrected chi connectivity index (χ4v) is 2.50. The van der Waals surface area contributed by atoms with E-state index in [1.54, 1.807) is 30.3 Å². The molecule has 0 aliphatic rings. The van der Waals surface area contributed by atoms with E-state index in [4.69, 9.17) is 14.2 Å². The van der Waals surface area contributed by atoms with Crippen molar-refractivity contribution in [2.24, 2.45) is 0 Å². The van der Waals surface area contributed by atoms with E-state index >= 15 is 0 Å². The van der Waals surface area contributed by atoms with Gasteiger partial charge >= 0.3 is 5.97 Å². The number of carbonyl (C=O) groups is 2. The highest BCUT2D eigenvalue weighted by molar-refractivity contribution is 6.01. The predicted octanol–water partition coefficient (Wildman–Crippen LogP) is 4.67. The lowest BCUT2D eigenvalue weighted by molar-refractivity contribution is 0.0473. The molecule has 0 atom stereocenters. The quantitative estimate of drug-likeness (QED) is 0.440. The molecule has 0 fully saturated rings. The Morgan fingerprint density at radius 1 is 0.893 bits per heavy atom. The first kappa shape index (κ1) is 19.1. The van der Waals surface area contributed by atoms with Crippen LogP contribution in [0.15, 0.2) is 72.8 Å². The van der Waals surface area contributed by atoms with Crippen molar-refractivity contribution in [1.29, 1.82) is 0 Å². The Morgan fingerprint density at radius 2 is 1.64 bits per heavy atom. The molecule has 142 valence electrons. The summed E-state index contributed by atoms with van der Waals surface area (Å²) in [5.74, 6) is -0.550. The summed E-state index contributed by atoms with van der Waals surface area (Å²) in [7, 11) is 1.37. The Bertz CT molecular complexity index is 985. The van der Waals surface area contributed by atoms with Gasteiger partial charge in [0.15, 0.2) is 6.61 Å². The van der Waals surface area contributed by atoms with Crippen molar-refractivity contribution in [3.63, 3.8) is 0 Å². The molecule has 0 N–H and O–H groups in total. The Balaban J connectivity index is 1.66. The topological polar surface area (TPSA) is 61.8 Å². The normalized spacial score (nSPS) is 10.2. The second-order valence-corrected chi connectivity index (χ2v) is 5.79. The van der Waals surface area contributed by atoms with Crippen LogP contribution in [0.3, 0.4) is 0 Å². The zero-order chi connectivity index (χ0) is 19.9. The van der Waals surface area contributed by atoms with E-state index in [-0.39, 0.29) is 16.9 Å². The third-order valence-corrected chi connectivity index (χ3v) is 3.84. The monoisotopic (exact) mass is 380 g/mol. The van der Waals surface area contributed by atoms with Crippen molar-refractivity contribution in [1.82, 2.24) is 0 Å². The second kappa shape index (κ2) is 8.81. The fraction of sp³-hybridized carbons (Fsp3) is 0.0909. The fourth-order valence-electron chi connectivity index (χ4n) is 2.50. The summed E-state index contributed by atoms with van der Waals surface area (Å²) in [6, 6.07) is 19.1. The van der Waals surface area contributed by atoms with Gasteiger partial charge in [0.2, 0.25) is 5.78 Å². The molecule has 0 aromatic heterocycles. The molecule has 0 aliphatic heterocycles. The smallest absolute Gasteiger partial charge is 0.338 e. The maximum Gasteiger partial charge on any atom is 0.338 e. The lowest BCUT2D eigenvalue weighted by Gasteiger charge is -2.09. The first-order chi connectivity index (χ1) is 13.6. The van der Waals surface area contributed by atoms with Gasteiger partial charge in [-0.3, -0.25) is 4.79 Å². The minimum atomic E-state index is -0.692. The molecule has 6 heteroatoms. The van der Waals surface area contributed by atoms with Gasteiger partial charge in [-0.25, -0.2) is 9.18 Å². The van der Waals surface area contributed by atoms with Gasteiger partial charge in [0.1, 0.15) is 23.1 Å². The van der Waals surface area contributed by atoms with Crippen molar-refractivity contribution in [2.75, 3.05) is 13.7 Å². The van der Waals surface area contributed by atoms with Gasteiger partial charge in [-0.2, -0.15) is 0 Å². The second-order valence-electron chi connectivity index (χ2n) is 5.79. The van der Waals surface area contributed by atoms with E-state index < -0.39 is 24.2 Å². The highest BCUT2D eigenvalue weighted by Gasteiger charge is 2.17. The number of halogens is 1. The van der Waals surface area contributed by atoms with E-state index in [0.29, 0.717) is 11.5 Å². The summed E-state index contributed by atoms with van der Waals surface area (Å²) in [4.78, 5) is 24.5. The Labute approximate surface area is 161 Å². The third kappa shape index (κ3) is 4.73. The van der Waals surface area contributed by atoms with E-state index in [9.17, 15) is 14.0 Å². The number of para-hydroxylation sites is 1. The van der Waals surface area contributed by atoms with Crippen LogP contribution in [0, 0.1) is 5.82 Å². The van der Waals surface area contributed by atoms with Crippen LogP contribution in [0.5, 0.6) is 17.2 Å². The third-order valence-electron chi connectivity index (χ3n) is 3.84. The van der Waals surface area contributed by atoms with Crippen LogP contribution in [0.4, 0.5) is 4.39 Å². The van der Waals surface area contributed by atoms with Crippen molar-refractivity contribution in [3.05, 3.63) is 89.7 Å². The van der Waals surface area contributed by atoms with Gasteiger partial charge in [-0.05, 0) is 48.5 Å². The minimum Gasteiger partial charge on any atom is -0.496 e. The molecule has 0 amide bonds. The molecule has 0 heterocycles. The molecule has 0 saturated carbocycles. The number of carbonyl (C=O) groups excluding carboxylic acids is 2. The first-order valence-corrected chi connectivity index (χ1v) is 8.43. The lowest BCUT2D eigenvalue weighted by Crippen LogP contribution is -2.15. The number of benzene rings is 3. The van der Waals surface area contributed by atoms with Crippen LogP contribution >= 0.6 is 0 Å². The van der Waals surface area contributed by atoms with Crippen LogP contribution in [0.2, 0.25) is 0 Å². The molecule has 0 radical (unpaired) electrons. The molecular formula is C22H17FO5. The average Bonchev–Trinajstić information content (AvgIpc) is 2.72. The van der Waals surface area contributed by atoms with Crippen LogP contribution in [-0.4, -0.2) is 25.5 Å². The Hall–Kier alpha value is -3.67. The van der Waals surface area contributed by atoms with Gasteiger partial charge < -0.3 is 14.2 Å². The molecule has 0 spiro atoms. The van der Waals surface area contributed by atoms with Crippen molar-refractivity contribution >= 4 is 11.8 Å². The van der Waals surface area contributed by atoms with Gasteiger partial charge in [0, 0.05) is 0 Å². The molecule has 5 nitrogen and oxygen atoms in total. The van der Waals surface area contributed by atoms with Crippen LogP contribution < -0.4 is 9.47 Å². The van der Waals surface area contributed by atoms with E-state index in [0.717, 1.165) is 6.07 Å². The average molecular weight is 380 g/mol. The summed E-state index contributed by atoms with van der Waals surface area (Å²) in [5.41, 5.74) is 0.240. The lowest BCUT2D eigenvalue weighted by atomic mass is 10.1. The molecule has 0 aliphatic carbocycles. The first-order valence-electron chi connectivity index (χ1n) is 8.43. The zero-order valence-corrected chi connectivity index (χ0v) is 15.1. The summed E-state index contributed by atoms with van der Waals surface area (Å²) in [5, 5.41) is 0. The SMILES string of the molecule is COc1ccc(F)cc1C(=O)COC(=O)c1cccc(Oc2ccccc2)c1. The molecule has 3 rings (SSSR count). The van der Waals surface area contributed by atoms with Crippen molar-refractivity contribution in [3.8, 4) is 17.2 Å². The van der Waals surface area contributed by atoms with Crippen LogP contribution in [0.25, 0.3) is 0 Å². The Kier molecular flexibility index (Phi) is 6.01. The van der Waals surface area contributed by atoms with Crippen LogP contribution in [0.1, 0.15) is 20.7 Å². The zero-order valence-electron chi connectivity index (χ0n) is 15.1. The Morgan fingerprint density at radius 3 is 2.39 bits per heavy atom. The van der Waals surface area contributed by atoms with E-state index in [1.807, 2.05) is 18.2 Å². The van der Waals surface area contributed by atoms with E-state index in [1.165, 1.54) is 25.3 Å². The van der Waals surface area contributed by atoms with Crippen LogP contribution in [-0.2, 0) is 4.74 Å². The number of esters is 1. The highest BCUT2D eigenvalue weighted by atomic mass is 19.1. The number of hydrogen-bond acceptors (Lipinski definition) is 5. The molecule has 28 heavy (non-hydrogen) atoms. The molecule has 3 aromatic rings. The maximum absolute atomic E-state index is 13.4. The maximum atomic E-state index is 13.4. The summed E-state index contributed by atoms with van der Waals surface area (Å²) >= 11 is 0. The number of ketones is 1. The number of ether oxygens (including phenoxy) is 3. The number of hydrogen-bond donors (Lipinski definition) is 0. The minimum absolute atomic E-state index is 0.0106. The van der Waals surface area contributed by atoms with Gasteiger partial charge in [0.25, 0.3) is 0 Å². The summed E-state index contributed by atoms with van der Waals surface area (Å²) in [6.45, 7) is -0.539. The highest BCUT2D eigenvalue weighted by Crippen LogP contribution is 2.23. The summed E-state index contributed by atoms with van der Waals surface area (Å²) < 4.78 is 29.2. The molecule has 3 aromatic carbocycles. The number of methoxy groups -OCH3 is 1. The molecule has 0 unspecified atom stereocenters. The van der Waals surface area contributed by atoms with Gasteiger partial charge in [-0.1, -0.05) is 24.3 Å². The largest absolute Gasteiger partial charge is 0.496 e. The van der Waals surface area contributed by atoms with Gasteiger partial charge in [-0.15, -0.1) is 0 Å². The molecule has 0 bridgehead atoms. The standard InChI is InChI=1S/C22H17FO5/c1-26-21-11-10-16(23)13-19(21)20(24)14-27-22(25)15-6-5-9-18(12-15)28-17-7-3-2-4-8-17/h2-13H,14H2,1H3. The summed E-state index contributed by atoms with van der Waals surface area (Å²) in [6.07, 6.45) is 0.